The van der Waals surface area contributed by atoms with Crippen molar-refractivity contribution < 1.29 is 13.9 Å². The Balaban J connectivity index is 3.40. The number of carbonyl (C=O) groups excluding carboxylic acids is 1. The molecule has 0 fully saturated rings. The third-order valence-electron chi connectivity index (χ3n) is 1.61. The molecule has 1 aromatic carbocycles. The number of ether oxygens (including phenoxy) is 1. The third kappa shape index (κ3) is 2.00. The molecule has 0 saturated heterocycles. The van der Waals surface area contributed by atoms with Crippen LogP contribution in [0.1, 0.15) is 10.4 Å². The number of nitrogen functional groups attached to an aromatic ring is 1. The van der Waals surface area contributed by atoms with E-state index in [0.29, 0.717) is 3.57 Å². The molecule has 0 spiro atoms. The number of esters is 1. The largest absolute Gasteiger partial charge is 0.465 e. The van der Waals surface area contributed by atoms with E-state index in [4.69, 9.17) is 5.73 Å². The zero-order valence-electron chi connectivity index (χ0n) is 7.11. The lowest BCUT2D eigenvalue weighted by molar-refractivity contribution is 0.0601. The van der Waals surface area contributed by atoms with Gasteiger partial charge in [-0.2, -0.15) is 0 Å². The van der Waals surface area contributed by atoms with Gasteiger partial charge in [-0.1, -0.05) is 0 Å². The minimum Gasteiger partial charge on any atom is -0.465 e. The van der Waals surface area contributed by atoms with Crippen LogP contribution in [0.25, 0.3) is 0 Å². The van der Waals surface area contributed by atoms with Crippen molar-refractivity contribution in [1.82, 2.24) is 0 Å². The molecule has 1 rings (SSSR count). The maximum atomic E-state index is 13.2. The van der Waals surface area contributed by atoms with Gasteiger partial charge in [-0.15, -0.1) is 0 Å². The summed E-state index contributed by atoms with van der Waals surface area (Å²) >= 11 is 4.87. The Morgan fingerprint density at radius 2 is 2.29 bits per heavy atom. The molecule has 76 valence electrons. The predicted molar refractivity (Wildman–Crippen MR) is 62.6 cm³/mol. The van der Waals surface area contributed by atoms with E-state index in [0.717, 1.165) is 6.07 Å². The van der Waals surface area contributed by atoms with Crippen LogP contribution in [0.5, 0.6) is 0 Å². The first-order chi connectivity index (χ1) is 6.49. The van der Waals surface area contributed by atoms with Gasteiger partial charge in [0.2, 0.25) is 0 Å². The van der Waals surface area contributed by atoms with Crippen molar-refractivity contribution in [3.8, 4) is 0 Å². The van der Waals surface area contributed by atoms with Gasteiger partial charge < -0.3 is 10.5 Å². The number of rotatable bonds is 1. The minimum atomic E-state index is -0.646. The molecular formula is C8H6BrFINO2. The summed E-state index contributed by atoms with van der Waals surface area (Å²) in [5.41, 5.74) is 5.88. The predicted octanol–water partition coefficient (Wildman–Crippen LogP) is 2.56. The van der Waals surface area contributed by atoms with Gasteiger partial charge in [0, 0.05) is 0 Å². The van der Waals surface area contributed by atoms with E-state index in [-0.39, 0.29) is 15.7 Å². The molecule has 0 atom stereocenters. The van der Waals surface area contributed by atoms with Crippen molar-refractivity contribution in [2.24, 2.45) is 0 Å². The fraction of sp³-hybridized carbons (Fsp3) is 0.125. The van der Waals surface area contributed by atoms with Crippen LogP contribution in [0.3, 0.4) is 0 Å². The summed E-state index contributed by atoms with van der Waals surface area (Å²) in [6, 6.07) is 1.05. The first kappa shape index (κ1) is 11.7. The Kier molecular flexibility index (Phi) is 3.71. The summed E-state index contributed by atoms with van der Waals surface area (Å²) < 4.78 is 18.4. The van der Waals surface area contributed by atoms with Gasteiger partial charge in [0.15, 0.2) is 0 Å². The van der Waals surface area contributed by atoms with Gasteiger partial charge in [-0.25, -0.2) is 9.18 Å². The van der Waals surface area contributed by atoms with Gasteiger partial charge in [0.1, 0.15) is 5.82 Å². The molecule has 0 aromatic heterocycles. The number of nitrogens with two attached hydrogens (primary N) is 1. The van der Waals surface area contributed by atoms with Crippen molar-refractivity contribution in [3.05, 3.63) is 25.5 Å². The zero-order valence-corrected chi connectivity index (χ0v) is 10.8. The molecule has 2 N–H and O–H groups in total. The summed E-state index contributed by atoms with van der Waals surface area (Å²) in [5.74, 6) is -1.18. The van der Waals surface area contributed by atoms with Crippen molar-refractivity contribution in [2.45, 2.75) is 0 Å². The molecule has 3 nitrogen and oxygen atoms in total. The van der Waals surface area contributed by atoms with E-state index in [9.17, 15) is 9.18 Å². The molecular weight excluding hydrogens is 368 g/mol. The molecule has 0 aliphatic heterocycles. The lowest BCUT2D eigenvalue weighted by Gasteiger charge is -2.07. The molecule has 14 heavy (non-hydrogen) atoms. The molecule has 0 aliphatic rings. The second-order valence-electron chi connectivity index (χ2n) is 2.44. The minimum absolute atomic E-state index is 0.0394. The van der Waals surface area contributed by atoms with Gasteiger partial charge in [-0.3, -0.25) is 0 Å². The summed E-state index contributed by atoms with van der Waals surface area (Å²) in [5, 5.41) is 0. The number of carbonyl (C=O) groups is 1. The number of anilines is 1. The molecule has 1 aromatic rings. The molecule has 0 amide bonds. The smallest absolute Gasteiger partial charge is 0.340 e. The molecule has 0 saturated carbocycles. The highest BCUT2D eigenvalue weighted by molar-refractivity contribution is 14.1. The van der Waals surface area contributed by atoms with E-state index >= 15 is 0 Å². The van der Waals surface area contributed by atoms with Crippen LogP contribution in [-0.2, 0) is 4.74 Å². The Morgan fingerprint density at radius 3 is 2.79 bits per heavy atom. The molecule has 0 aliphatic carbocycles. The Bertz CT molecular complexity index is 397. The molecule has 0 radical (unpaired) electrons. The number of hydrogen-bond donors (Lipinski definition) is 1. The average Bonchev–Trinajstić information content (AvgIpc) is 2.19. The Morgan fingerprint density at radius 1 is 1.71 bits per heavy atom. The van der Waals surface area contributed by atoms with E-state index in [2.05, 4.69) is 20.7 Å². The molecule has 0 heterocycles. The van der Waals surface area contributed by atoms with Crippen LogP contribution in [0, 0.1) is 9.39 Å². The maximum Gasteiger partial charge on any atom is 0.340 e. The lowest BCUT2D eigenvalue weighted by Crippen LogP contribution is -2.08. The fourth-order valence-electron chi connectivity index (χ4n) is 0.888. The van der Waals surface area contributed by atoms with Gasteiger partial charge >= 0.3 is 5.97 Å². The number of halogens is 3. The lowest BCUT2D eigenvalue weighted by atomic mass is 10.2. The van der Waals surface area contributed by atoms with Gasteiger partial charge in [0.25, 0.3) is 0 Å². The molecule has 6 heteroatoms. The van der Waals surface area contributed by atoms with Crippen molar-refractivity contribution in [2.75, 3.05) is 12.8 Å². The van der Waals surface area contributed by atoms with Gasteiger partial charge in [-0.05, 0) is 44.6 Å². The second kappa shape index (κ2) is 4.43. The van der Waals surface area contributed by atoms with Crippen LogP contribution in [0.4, 0.5) is 10.1 Å². The highest BCUT2D eigenvalue weighted by Crippen LogP contribution is 2.30. The fourth-order valence-corrected chi connectivity index (χ4v) is 1.76. The van der Waals surface area contributed by atoms with E-state index in [1.54, 1.807) is 0 Å². The average molecular weight is 374 g/mol. The summed E-state index contributed by atoms with van der Waals surface area (Å²) in [4.78, 5) is 11.2. The standard InChI is InChI=1S/C8H6BrFINO2/c1-14-8(13)3-2-4(10)5(9)6(11)7(3)12/h2H,12H2,1H3. The number of hydrogen-bond acceptors (Lipinski definition) is 3. The monoisotopic (exact) mass is 373 g/mol. The van der Waals surface area contributed by atoms with Crippen LogP contribution in [0.15, 0.2) is 10.5 Å². The topological polar surface area (TPSA) is 52.3 Å². The quantitative estimate of drug-likeness (QED) is 0.356. The SMILES string of the molecule is COC(=O)c1cc(F)c(Br)c(I)c1N. The number of methoxy groups -OCH3 is 1. The van der Waals surface area contributed by atoms with E-state index in [1.807, 2.05) is 22.6 Å². The normalized spacial score (nSPS) is 10.0. The van der Waals surface area contributed by atoms with Crippen molar-refractivity contribution >= 4 is 50.2 Å². The molecule has 0 bridgehead atoms. The first-order valence-electron chi connectivity index (χ1n) is 3.50. The summed E-state index contributed by atoms with van der Waals surface area (Å²) in [6.45, 7) is 0. The highest BCUT2D eigenvalue weighted by Gasteiger charge is 2.17. The second-order valence-corrected chi connectivity index (χ2v) is 4.31. The van der Waals surface area contributed by atoms with Gasteiger partial charge in [0.05, 0.1) is 26.4 Å². The Hall–Kier alpha value is -0.370. The van der Waals surface area contributed by atoms with Crippen LogP contribution < -0.4 is 5.73 Å². The highest BCUT2D eigenvalue weighted by atomic mass is 127. The van der Waals surface area contributed by atoms with Crippen molar-refractivity contribution in [1.29, 1.82) is 0 Å². The summed E-state index contributed by atoms with van der Waals surface area (Å²) in [6.07, 6.45) is 0. The van der Waals surface area contributed by atoms with E-state index in [1.165, 1.54) is 7.11 Å². The molecule has 0 unspecified atom stereocenters. The zero-order chi connectivity index (χ0) is 10.9. The van der Waals surface area contributed by atoms with Crippen LogP contribution in [-0.4, -0.2) is 13.1 Å². The third-order valence-corrected chi connectivity index (χ3v) is 4.24. The van der Waals surface area contributed by atoms with Crippen LogP contribution >= 0.6 is 38.5 Å². The first-order valence-corrected chi connectivity index (χ1v) is 5.37. The Labute approximate surface area is 102 Å². The van der Waals surface area contributed by atoms with Crippen LogP contribution in [0.2, 0.25) is 0 Å². The maximum absolute atomic E-state index is 13.2. The van der Waals surface area contributed by atoms with Crippen molar-refractivity contribution in [3.63, 3.8) is 0 Å². The number of benzene rings is 1. The van der Waals surface area contributed by atoms with E-state index < -0.39 is 11.8 Å². The summed E-state index contributed by atoms with van der Waals surface area (Å²) in [7, 11) is 1.22.